The van der Waals surface area contributed by atoms with Crippen LogP contribution in [0.1, 0.15) is 17.5 Å². The molecule has 0 atom stereocenters. The van der Waals surface area contributed by atoms with Gasteiger partial charge in [-0.3, -0.25) is 14.3 Å². The van der Waals surface area contributed by atoms with Crippen LogP contribution in [0.3, 0.4) is 0 Å². The van der Waals surface area contributed by atoms with E-state index in [4.69, 9.17) is 0 Å². The summed E-state index contributed by atoms with van der Waals surface area (Å²) in [7, 11) is 1.65. The van der Waals surface area contributed by atoms with Crippen molar-refractivity contribution in [3.63, 3.8) is 0 Å². The summed E-state index contributed by atoms with van der Waals surface area (Å²) < 4.78 is 42.0. The molecular weight excluding hydrogens is 361 g/mol. The van der Waals surface area contributed by atoms with E-state index in [0.29, 0.717) is 17.7 Å². The number of hydrogen-bond donors (Lipinski definition) is 0. The van der Waals surface area contributed by atoms with E-state index in [9.17, 15) is 22.8 Å². The molecule has 0 aliphatic carbocycles. The number of alkyl halides is 3. The zero-order valence-corrected chi connectivity index (χ0v) is 15.0. The number of ether oxygens (including phenoxy) is 1. The fourth-order valence-electron chi connectivity index (χ4n) is 3.25. The Morgan fingerprint density at radius 2 is 1.85 bits per heavy atom. The summed E-state index contributed by atoms with van der Waals surface area (Å²) in [5, 5.41) is 0. The van der Waals surface area contributed by atoms with Crippen molar-refractivity contribution in [2.75, 3.05) is 18.1 Å². The van der Waals surface area contributed by atoms with Gasteiger partial charge in [-0.25, -0.2) is 0 Å². The number of amides is 1. The molecule has 0 spiro atoms. The Balaban J connectivity index is 1.94. The van der Waals surface area contributed by atoms with E-state index >= 15 is 0 Å². The van der Waals surface area contributed by atoms with Crippen molar-refractivity contribution in [3.8, 4) is 11.1 Å². The number of benzene rings is 1. The van der Waals surface area contributed by atoms with E-state index < -0.39 is 13.0 Å². The zero-order chi connectivity index (χ0) is 19.8. The van der Waals surface area contributed by atoms with E-state index in [1.165, 1.54) is 9.47 Å². The number of aryl methyl sites for hydroxylation is 3. The third kappa shape index (κ3) is 4.21. The van der Waals surface area contributed by atoms with E-state index in [2.05, 4.69) is 4.74 Å². The molecule has 2 aromatic rings. The molecule has 8 heteroatoms. The quantitative estimate of drug-likeness (QED) is 0.819. The highest BCUT2D eigenvalue weighted by Gasteiger charge is 2.30. The fourth-order valence-corrected chi connectivity index (χ4v) is 3.25. The van der Waals surface area contributed by atoms with Crippen LogP contribution in [0.5, 0.6) is 0 Å². The first-order chi connectivity index (χ1) is 12.7. The minimum absolute atomic E-state index is 0.0992. The number of halogens is 3. The van der Waals surface area contributed by atoms with Crippen molar-refractivity contribution in [2.24, 2.45) is 7.05 Å². The van der Waals surface area contributed by atoms with Gasteiger partial charge in [-0.15, -0.1) is 13.2 Å². The lowest BCUT2D eigenvalue weighted by molar-refractivity contribution is -0.323. The Hall–Kier alpha value is -2.61. The fraction of sp³-hybridized carbons (Fsp3) is 0.368. The molecule has 3 rings (SSSR count). The van der Waals surface area contributed by atoms with E-state index in [0.717, 1.165) is 16.7 Å². The average molecular weight is 380 g/mol. The topological polar surface area (TPSA) is 51.5 Å². The Morgan fingerprint density at radius 1 is 1.11 bits per heavy atom. The van der Waals surface area contributed by atoms with Crippen LogP contribution in [0.25, 0.3) is 11.1 Å². The van der Waals surface area contributed by atoms with E-state index in [1.807, 2.05) is 12.1 Å². The molecule has 1 aromatic heterocycles. The highest BCUT2D eigenvalue weighted by Crippen LogP contribution is 2.32. The number of carbonyl (C=O) groups is 1. The van der Waals surface area contributed by atoms with Crippen molar-refractivity contribution in [1.29, 1.82) is 0 Å². The van der Waals surface area contributed by atoms with Gasteiger partial charge in [0, 0.05) is 37.5 Å². The number of rotatable bonds is 4. The van der Waals surface area contributed by atoms with Crippen molar-refractivity contribution in [3.05, 3.63) is 51.9 Å². The Bertz CT molecular complexity index is 909. The molecular formula is C19H19F3N2O3. The first-order valence-electron chi connectivity index (χ1n) is 8.47. The molecule has 1 aliphatic rings. The van der Waals surface area contributed by atoms with Crippen LogP contribution in [-0.4, -0.2) is 30.0 Å². The molecule has 144 valence electrons. The van der Waals surface area contributed by atoms with Gasteiger partial charge in [-0.05, 0) is 42.2 Å². The van der Waals surface area contributed by atoms with Gasteiger partial charge in [-0.1, -0.05) is 12.1 Å². The van der Waals surface area contributed by atoms with Gasteiger partial charge in [-0.2, -0.15) is 0 Å². The molecule has 1 aliphatic heterocycles. The second-order valence-electron chi connectivity index (χ2n) is 6.51. The van der Waals surface area contributed by atoms with Crippen LogP contribution in [-0.2, 0) is 23.0 Å². The Morgan fingerprint density at radius 3 is 2.52 bits per heavy atom. The lowest BCUT2D eigenvalue weighted by Gasteiger charge is -2.30. The third-order valence-corrected chi connectivity index (χ3v) is 4.56. The Kier molecular flexibility index (Phi) is 5.10. The predicted octanol–water partition coefficient (Wildman–Crippen LogP) is 3.18. The summed E-state index contributed by atoms with van der Waals surface area (Å²) in [6.07, 6.45) is -2.25. The molecule has 5 nitrogen and oxygen atoms in total. The highest BCUT2D eigenvalue weighted by atomic mass is 19.4. The van der Waals surface area contributed by atoms with E-state index in [1.54, 1.807) is 32.3 Å². The van der Waals surface area contributed by atoms with Crippen LogP contribution < -0.4 is 10.5 Å². The van der Waals surface area contributed by atoms with Crippen molar-refractivity contribution in [1.82, 2.24) is 4.57 Å². The monoisotopic (exact) mass is 380 g/mol. The standard InChI is InChI=1S/C19H19F3N2O3/c1-12-9-15(11-23(2)18(12)26)14-4-3-13-5-6-17(25)24(16(13)10-14)7-8-27-19(20,21)22/h3-4,9-11H,5-8H2,1-2H3. The first-order valence-corrected chi connectivity index (χ1v) is 8.47. The predicted molar refractivity (Wildman–Crippen MR) is 94.5 cm³/mol. The minimum Gasteiger partial charge on any atom is -0.318 e. The number of aromatic nitrogens is 1. The van der Waals surface area contributed by atoms with Gasteiger partial charge in [0.15, 0.2) is 0 Å². The number of hydrogen-bond acceptors (Lipinski definition) is 3. The summed E-state index contributed by atoms with van der Waals surface area (Å²) in [6, 6.07) is 7.29. The number of nitrogens with zero attached hydrogens (tertiary/aromatic N) is 2. The number of pyridine rings is 1. The smallest absolute Gasteiger partial charge is 0.318 e. The second kappa shape index (κ2) is 7.19. The Labute approximate surface area is 154 Å². The maximum atomic E-state index is 12.3. The minimum atomic E-state index is -4.73. The lowest BCUT2D eigenvalue weighted by Crippen LogP contribution is -2.38. The average Bonchev–Trinajstić information content (AvgIpc) is 2.59. The van der Waals surface area contributed by atoms with Crippen LogP contribution in [0, 0.1) is 6.92 Å². The van der Waals surface area contributed by atoms with Crippen molar-refractivity contribution in [2.45, 2.75) is 26.1 Å². The molecule has 0 N–H and O–H groups in total. The molecule has 0 bridgehead atoms. The summed E-state index contributed by atoms with van der Waals surface area (Å²) in [5.41, 5.74) is 3.54. The number of anilines is 1. The van der Waals surface area contributed by atoms with Crippen molar-refractivity contribution >= 4 is 11.6 Å². The van der Waals surface area contributed by atoms with Gasteiger partial charge in [0.1, 0.15) is 0 Å². The molecule has 0 saturated carbocycles. The normalized spacial score (nSPS) is 14.4. The van der Waals surface area contributed by atoms with Gasteiger partial charge >= 0.3 is 6.36 Å². The van der Waals surface area contributed by atoms with Crippen LogP contribution in [0.2, 0.25) is 0 Å². The molecule has 27 heavy (non-hydrogen) atoms. The molecule has 0 fully saturated rings. The van der Waals surface area contributed by atoms with Gasteiger partial charge in [0.05, 0.1) is 6.61 Å². The van der Waals surface area contributed by atoms with Crippen LogP contribution in [0.4, 0.5) is 18.9 Å². The zero-order valence-electron chi connectivity index (χ0n) is 15.0. The van der Waals surface area contributed by atoms with Crippen LogP contribution in [0.15, 0.2) is 35.3 Å². The summed E-state index contributed by atoms with van der Waals surface area (Å²) in [4.78, 5) is 25.5. The molecule has 0 saturated heterocycles. The van der Waals surface area contributed by atoms with E-state index in [-0.39, 0.29) is 24.4 Å². The molecule has 1 aromatic carbocycles. The molecule has 0 radical (unpaired) electrons. The first kappa shape index (κ1) is 19.2. The maximum absolute atomic E-state index is 12.3. The molecule has 1 amide bonds. The second-order valence-corrected chi connectivity index (χ2v) is 6.51. The number of carbonyl (C=O) groups excluding carboxylic acids is 1. The largest absolute Gasteiger partial charge is 0.522 e. The maximum Gasteiger partial charge on any atom is 0.522 e. The van der Waals surface area contributed by atoms with Crippen molar-refractivity contribution < 1.29 is 22.7 Å². The summed E-state index contributed by atoms with van der Waals surface area (Å²) in [6.45, 7) is 0.910. The van der Waals surface area contributed by atoms with Gasteiger partial charge in [0.25, 0.3) is 5.56 Å². The molecule has 0 unspecified atom stereocenters. The summed E-state index contributed by atoms with van der Waals surface area (Å²) in [5.74, 6) is -0.234. The highest BCUT2D eigenvalue weighted by molar-refractivity contribution is 5.97. The van der Waals surface area contributed by atoms with Crippen LogP contribution >= 0.6 is 0 Å². The number of fused-ring (bicyclic) bond motifs is 1. The van der Waals surface area contributed by atoms with Gasteiger partial charge < -0.3 is 9.47 Å². The molecule has 2 heterocycles. The SMILES string of the molecule is Cc1cc(-c2ccc3c(c2)N(CCOC(F)(F)F)C(=O)CC3)cn(C)c1=O. The third-order valence-electron chi connectivity index (χ3n) is 4.56. The van der Waals surface area contributed by atoms with Gasteiger partial charge in [0.2, 0.25) is 5.91 Å². The summed E-state index contributed by atoms with van der Waals surface area (Å²) >= 11 is 0. The lowest BCUT2D eigenvalue weighted by atomic mass is 9.96.